The molecular weight excluding hydrogens is 402 g/mol. The normalized spacial score (nSPS) is 14.7. The van der Waals surface area contributed by atoms with Crippen LogP contribution in [0.3, 0.4) is 0 Å². The van der Waals surface area contributed by atoms with Gasteiger partial charge >= 0.3 is 5.97 Å². The number of nitrogens with zero attached hydrogens (tertiary/aromatic N) is 2. The number of amides is 1. The summed E-state index contributed by atoms with van der Waals surface area (Å²) in [7, 11) is 0. The van der Waals surface area contributed by atoms with Crippen molar-refractivity contribution in [2.24, 2.45) is 0 Å². The van der Waals surface area contributed by atoms with E-state index in [1.807, 2.05) is 6.26 Å². The minimum atomic E-state index is -0.521. The molecule has 2 aromatic rings. The zero-order valence-corrected chi connectivity index (χ0v) is 17.4. The maximum absolute atomic E-state index is 12.2. The lowest BCUT2D eigenvalue weighted by Gasteiger charge is -2.22. The van der Waals surface area contributed by atoms with Gasteiger partial charge < -0.3 is 10.1 Å². The van der Waals surface area contributed by atoms with Crippen LogP contribution in [-0.2, 0) is 9.53 Å². The van der Waals surface area contributed by atoms with Gasteiger partial charge in [-0.2, -0.15) is 0 Å². The van der Waals surface area contributed by atoms with Gasteiger partial charge in [0, 0.05) is 6.04 Å². The minimum Gasteiger partial charge on any atom is -0.452 e. The largest absolute Gasteiger partial charge is 0.452 e. The van der Waals surface area contributed by atoms with Gasteiger partial charge in [0.15, 0.2) is 14.9 Å². The Morgan fingerprint density at radius 1 is 1.30 bits per heavy atom. The summed E-state index contributed by atoms with van der Waals surface area (Å²) in [6.45, 7) is -0.259. The summed E-state index contributed by atoms with van der Waals surface area (Å²) < 4.78 is 8.32. The van der Waals surface area contributed by atoms with E-state index in [0.717, 1.165) is 35.7 Å². The molecule has 3 rings (SSSR count). The molecule has 1 saturated carbocycles. The molecule has 9 heteroatoms. The van der Waals surface area contributed by atoms with Gasteiger partial charge in [-0.25, -0.2) is 9.48 Å². The zero-order valence-electron chi connectivity index (χ0n) is 15.0. The number of thioether (sulfide) groups is 1. The minimum absolute atomic E-state index is 0.207. The van der Waals surface area contributed by atoms with Crippen LogP contribution in [0.15, 0.2) is 28.6 Å². The van der Waals surface area contributed by atoms with Gasteiger partial charge in [0.05, 0.1) is 11.3 Å². The molecule has 1 aromatic carbocycles. The maximum Gasteiger partial charge on any atom is 0.338 e. The van der Waals surface area contributed by atoms with Crippen molar-refractivity contribution >= 4 is 47.2 Å². The van der Waals surface area contributed by atoms with E-state index in [0.29, 0.717) is 9.52 Å². The van der Waals surface area contributed by atoms with Crippen molar-refractivity contribution in [3.8, 4) is 5.69 Å². The van der Waals surface area contributed by atoms with E-state index in [2.05, 4.69) is 10.4 Å². The summed E-state index contributed by atoms with van der Waals surface area (Å²) >= 11 is 8.29. The highest BCUT2D eigenvalue weighted by Gasteiger charge is 2.17. The van der Waals surface area contributed by atoms with Crippen LogP contribution < -0.4 is 5.32 Å². The van der Waals surface area contributed by atoms with Crippen LogP contribution in [0.4, 0.5) is 0 Å². The highest BCUT2D eigenvalue weighted by molar-refractivity contribution is 8.00. The van der Waals surface area contributed by atoms with Gasteiger partial charge in [-0.3, -0.25) is 4.79 Å². The van der Waals surface area contributed by atoms with Crippen molar-refractivity contribution in [1.29, 1.82) is 0 Å². The molecule has 1 aliphatic carbocycles. The van der Waals surface area contributed by atoms with Crippen molar-refractivity contribution < 1.29 is 14.3 Å². The number of aromatic nitrogens is 2. The van der Waals surface area contributed by atoms with Crippen molar-refractivity contribution in [3.63, 3.8) is 0 Å². The first kappa shape index (κ1) is 20.0. The molecule has 6 nitrogen and oxygen atoms in total. The second kappa shape index (κ2) is 9.48. The number of hydrogen-bond donors (Lipinski definition) is 1. The molecule has 0 aliphatic heterocycles. The first-order chi connectivity index (χ1) is 13.1. The molecule has 0 radical (unpaired) electrons. The summed E-state index contributed by atoms with van der Waals surface area (Å²) in [5.41, 5.74) is 1.17. The average molecular weight is 424 g/mol. The Morgan fingerprint density at radius 2 is 2.00 bits per heavy atom. The van der Waals surface area contributed by atoms with Gasteiger partial charge in [0.25, 0.3) is 5.91 Å². The molecule has 0 atom stereocenters. The number of carbonyl (C=O) groups is 2. The second-order valence-corrected chi connectivity index (χ2v) is 8.95. The lowest BCUT2D eigenvalue weighted by Crippen LogP contribution is -2.38. The molecule has 1 heterocycles. The van der Waals surface area contributed by atoms with Gasteiger partial charge in [-0.15, -0.1) is 5.10 Å². The average Bonchev–Trinajstić information content (AvgIpc) is 3.08. The number of benzene rings is 1. The fourth-order valence-electron chi connectivity index (χ4n) is 2.98. The molecule has 1 amide bonds. The van der Waals surface area contributed by atoms with Gasteiger partial charge in [-0.1, -0.05) is 42.4 Å². The van der Waals surface area contributed by atoms with Crippen molar-refractivity contribution in [2.75, 3.05) is 12.9 Å². The first-order valence-electron chi connectivity index (χ1n) is 8.78. The molecule has 1 N–H and O–H groups in total. The van der Waals surface area contributed by atoms with E-state index in [-0.39, 0.29) is 18.6 Å². The number of carbonyl (C=O) groups excluding carboxylic acids is 2. The molecule has 27 heavy (non-hydrogen) atoms. The summed E-state index contributed by atoms with van der Waals surface area (Å²) in [6, 6.07) is 7.03. The van der Waals surface area contributed by atoms with Crippen LogP contribution >= 0.6 is 35.3 Å². The van der Waals surface area contributed by atoms with Crippen LogP contribution in [0, 0.1) is 3.95 Å². The Bertz CT molecular complexity index is 855. The Hall–Kier alpha value is -1.71. The lowest BCUT2D eigenvalue weighted by atomic mass is 9.95. The van der Waals surface area contributed by atoms with E-state index >= 15 is 0 Å². The highest BCUT2D eigenvalue weighted by atomic mass is 32.2. The number of hydrogen-bond acceptors (Lipinski definition) is 7. The maximum atomic E-state index is 12.2. The van der Waals surface area contributed by atoms with Gasteiger partial charge in [0.1, 0.15) is 0 Å². The monoisotopic (exact) mass is 423 g/mol. The molecule has 1 aliphatic rings. The quantitative estimate of drug-likeness (QED) is 0.430. The standard InChI is InChI=1S/C18H21N3O3S3/c1-26-17-20-21(18(25)27-17)14-9-7-12(8-10-14)16(23)24-11-15(22)19-13-5-3-2-4-6-13/h7-10,13H,2-6,11H2,1H3,(H,19,22). The van der Waals surface area contributed by atoms with Crippen LogP contribution in [0.2, 0.25) is 0 Å². The first-order valence-corrected chi connectivity index (χ1v) is 11.2. The zero-order chi connectivity index (χ0) is 19.2. The second-order valence-electron chi connectivity index (χ2n) is 6.28. The van der Waals surface area contributed by atoms with E-state index in [1.54, 1.807) is 28.9 Å². The third-order valence-corrected chi connectivity index (χ3v) is 6.56. The van der Waals surface area contributed by atoms with E-state index < -0.39 is 5.97 Å². The summed E-state index contributed by atoms with van der Waals surface area (Å²) in [5, 5.41) is 7.34. The molecule has 1 aromatic heterocycles. The van der Waals surface area contributed by atoms with Crippen LogP contribution in [0.25, 0.3) is 5.69 Å². The summed E-state index contributed by atoms with van der Waals surface area (Å²) in [4.78, 5) is 24.1. The molecular formula is C18H21N3O3S3. The fraction of sp³-hybridized carbons (Fsp3) is 0.444. The van der Waals surface area contributed by atoms with Crippen molar-refractivity contribution in [3.05, 3.63) is 33.8 Å². The third kappa shape index (κ3) is 5.40. The summed E-state index contributed by atoms with van der Waals surface area (Å²) in [6.07, 6.45) is 7.44. The molecule has 0 saturated heterocycles. The van der Waals surface area contributed by atoms with Crippen molar-refractivity contribution in [2.45, 2.75) is 42.5 Å². The van der Waals surface area contributed by atoms with Crippen molar-refractivity contribution in [1.82, 2.24) is 15.1 Å². The number of esters is 1. The van der Waals surface area contributed by atoms with Crippen LogP contribution in [-0.4, -0.2) is 40.6 Å². The molecule has 144 valence electrons. The topological polar surface area (TPSA) is 73.2 Å². The summed E-state index contributed by atoms with van der Waals surface area (Å²) in [5.74, 6) is -0.766. The Kier molecular flexibility index (Phi) is 7.03. The number of nitrogens with one attached hydrogen (secondary N) is 1. The van der Waals surface area contributed by atoms with Crippen LogP contribution in [0.5, 0.6) is 0 Å². The number of ether oxygens (including phenoxy) is 1. The molecule has 0 spiro atoms. The van der Waals surface area contributed by atoms with E-state index in [9.17, 15) is 9.59 Å². The number of rotatable bonds is 6. The highest BCUT2D eigenvalue weighted by Crippen LogP contribution is 2.22. The molecule has 0 bridgehead atoms. The lowest BCUT2D eigenvalue weighted by molar-refractivity contribution is -0.125. The Morgan fingerprint density at radius 3 is 2.63 bits per heavy atom. The molecule has 1 fully saturated rings. The predicted molar refractivity (Wildman–Crippen MR) is 109 cm³/mol. The van der Waals surface area contributed by atoms with E-state index in [4.69, 9.17) is 17.0 Å². The SMILES string of the molecule is CSc1nn(-c2ccc(C(=O)OCC(=O)NC3CCCCC3)cc2)c(=S)s1. The Labute approximate surface area is 171 Å². The fourth-order valence-corrected chi connectivity index (χ4v) is 4.76. The van der Waals surface area contributed by atoms with Gasteiger partial charge in [0.2, 0.25) is 0 Å². The smallest absolute Gasteiger partial charge is 0.338 e. The van der Waals surface area contributed by atoms with Gasteiger partial charge in [-0.05, 0) is 55.6 Å². The Balaban J connectivity index is 1.54. The third-order valence-electron chi connectivity index (χ3n) is 4.36. The van der Waals surface area contributed by atoms with Crippen LogP contribution in [0.1, 0.15) is 42.5 Å². The molecule has 0 unspecified atom stereocenters. The predicted octanol–water partition coefficient (Wildman–Crippen LogP) is 3.99. The van der Waals surface area contributed by atoms with E-state index in [1.165, 1.54) is 29.5 Å².